The fourth-order valence-corrected chi connectivity index (χ4v) is 2.43. The first-order valence-electron chi connectivity index (χ1n) is 6.68. The Morgan fingerprint density at radius 2 is 2.11 bits per heavy atom. The van der Waals surface area contributed by atoms with Crippen molar-refractivity contribution in [1.29, 1.82) is 0 Å². The van der Waals surface area contributed by atoms with Gasteiger partial charge < -0.3 is 9.84 Å². The minimum absolute atomic E-state index is 0. The predicted octanol–water partition coefficient (Wildman–Crippen LogP) is 3.54. The molecule has 1 aliphatic rings. The lowest BCUT2D eigenvalue weighted by Gasteiger charge is -2.33. The average molecular weight is 286 g/mol. The number of pyridine rings is 1. The van der Waals surface area contributed by atoms with Gasteiger partial charge in [0.25, 0.3) is 0 Å². The van der Waals surface area contributed by atoms with Crippen LogP contribution in [0.3, 0.4) is 0 Å². The van der Waals surface area contributed by atoms with Gasteiger partial charge in [-0.2, -0.15) is 0 Å². The molecule has 0 aromatic carbocycles. The van der Waals surface area contributed by atoms with E-state index in [1.54, 1.807) is 0 Å². The molecule has 0 bridgehead atoms. The van der Waals surface area contributed by atoms with Crippen LogP contribution < -0.4 is 4.74 Å². The van der Waals surface area contributed by atoms with Crippen molar-refractivity contribution in [3.63, 3.8) is 0 Å². The van der Waals surface area contributed by atoms with E-state index < -0.39 is 6.10 Å². The van der Waals surface area contributed by atoms with Crippen LogP contribution >= 0.6 is 12.4 Å². The van der Waals surface area contributed by atoms with Crippen LogP contribution in [0.4, 0.5) is 0 Å². The van der Waals surface area contributed by atoms with Crippen LogP contribution in [-0.4, -0.2) is 16.7 Å². The molecule has 0 saturated carbocycles. The maximum atomic E-state index is 10.1. The van der Waals surface area contributed by atoms with Gasteiger partial charge in [0.1, 0.15) is 0 Å². The molecule has 1 aromatic rings. The molecular weight excluding hydrogens is 262 g/mol. The molecule has 1 N–H and O–H groups in total. The normalized spacial score (nSPS) is 20.6. The highest BCUT2D eigenvalue weighted by atomic mass is 35.5. The van der Waals surface area contributed by atoms with Gasteiger partial charge in [0.15, 0.2) is 0 Å². The molecular formula is C15H24ClNO2. The smallest absolute Gasteiger partial charge is 0.213 e. The van der Waals surface area contributed by atoms with Gasteiger partial charge in [-0.25, -0.2) is 4.98 Å². The van der Waals surface area contributed by atoms with Gasteiger partial charge in [0.2, 0.25) is 5.88 Å². The number of fused-ring (bicyclic) bond motifs is 1. The number of nitrogens with zero attached hydrogens (tertiary/aromatic N) is 1. The summed E-state index contributed by atoms with van der Waals surface area (Å²) in [5, 5.41) is 10.1. The van der Waals surface area contributed by atoms with Crippen molar-refractivity contribution in [2.75, 3.05) is 6.61 Å². The second kappa shape index (κ2) is 6.10. The maximum Gasteiger partial charge on any atom is 0.213 e. The first-order chi connectivity index (χ1) is 8.37. The Kier molecular flexibility index (Phi) is 5.22. The van der Waals surface area contributed by atoms with Crippen LogP contribution in [0.5, 0.6) is 5.88 Å². The van der Waals surface area contributed by atoms with Gasteiger partial charge in [-0.1, -0.05) is 27.7 Å². The van der Waals surface area contributed by atoms with E-state index in [4.69, 9.17) is 4.74 Å². The van der Waals surface area contributed by atoms with Gasteiger partial charge in [-0.05, 0) is 30.2 Å². The molecule has 0 spiro atoms. The third-order valence-electron chi connectivity index (χ3n) is 3.30. The molecule has 0 radical (unpaired) electrons. The molecule has 1 aromatic heterocycles. The van der Waals surface area contributed by atoms with Gasteiger partial charge in [0.05, 0.1) is 18.4 Å². The highest BCUT2D eigenvalue weighted by Crippen LogP contribution is 2.40. The van der Waals surface area contributed by atoms with Crippen LogP contribution in [-0.2, 0) is 6.42 Å². The summed E-state index contributed by atoms with van der Waals surface area (Å²) in [6.07, 6.45) is 1.31. The van der Waals surface area contributed by atoms with E-state index in [1.165, 1.54) is 0 Å². The Balaban J connectivity index is 0.00000180. The number of hydrogen-bond acceptors (Lipinski definition) is 3. The minimum atomic E-state index is -0.393. The molecule has 19 heavy (non-hydrogen) atoms. The van der Waals surface area contributed by atoms with Gasteiger partial charge >= 0.3 is 0 Å². The summed E-state index contributed by atoms with van der Waals surface area (Å²) in [6, 6.07) is 3.82. The van der Waals surface area contributed by atoms with Crippen LogP contribution in [0, 0.1) is 11.3 Å². The first-order valence-corrected chi connectivity index (χ1v) is 6.68. The molecule has 0 aliphatic heterocycles. The Bertz CT molecular complexity index is 432. The zero-order valence-corrected chi connectivity index (χ0v) is 13.0. The number of aliphatic hydroxyl groups excluding tert-OH is 1. The number of aromatic nitrogens is 1. The van der Waals surface area contributed by atoms with E-state index in [0.29, 0.717) is 18.4 Å². The fourth-order valence-electron chi connectivity index (χ4n) is 2.43. The van der Waals surface area contributed by atoms with Crippen molar-refractivity contribution in [3.05, 3.63) is 23.4 Å². The maximum absolute atomic E-state index is 10.1. The summed E-state index contributed by atoms with van der Waals surface area (Å²) < 4.78 is 5.64. The van der Waals surface area contributed by atoms with Gasteiger partial charge in [0, 0.05) is 11.6 Å². The van der Waals surface area contributed by atoms with E-state index >= 15 is 0 Å². The Morgan fingerprint density at radius 3 is 2.74 bits per heavy atom. The van der Waals surface area contributed by atoms with Crippen molar-refractivity contribution in [1.82, 2.24) is 4.98 Å². The minimum Gasteiger partial charge on any atom is -0.477 e. The second-order valence-corrected chi connectivity index (χ2v) is 6.45. The molecule has 1 heterocycles. The SMILES string of the molecule is CC(C)COc1ccc2c(n1)CC(C)(C)CC2O.Cl. The topological polar surface area (TPSA) is 42.4 Å². The number of ether oxygens (including phenoxy) is 1. The monoisotopic (exact) mass is 285 g/mol. The quantitative estimate of drug-likeness (QED) is 0.923. The van der Waals surface area contributed by atoms with Crippen molar-refractivity contribution in [2.24, 2.45) is 11.3 Å². The summed E-state index contributed by atoms with van der Waals surface area (Å²) in [4.78, 5) is 4.55. The summed E-state index contributed by atoms with van der Waals surface area (Å²) in [5.74, 6) is 1.16. The average Bonchev–Trinajstić information content (AvgIpc) is 2.24. The molecule has 4 heteroatoms. The molecule has 1 unspecified atom stereocenters. The molecule has 0 fully saturated rings. The zero-order valence-electron chi connectivity index (χ0n) is 12.1. The number of halogens is 1. The Morgan fingerprint density at radius 1 is 1.42 bits per heavy atom. The van der Waals surface area contributed by atoms with E-state index in [1.807, 2.05) is 12.1 Å². The van der Waals surface area contributed by atoms with E-state index in [2.05, 4.69) is 32.7 Å². The van der Waals surface area contributed by atoms with Crippen LogP contribution in [0.25, 0.3) is 0 Å². The van der Waals surface area contributed by atoms with Crippen LogP contribution in [0.15, 0.2) is 12.1 Å². The van der Waals surface area contributed by atoms with E-state index in [9.17, 15) is 5.11 Å². The standard InChI is InChI=1S/C15H23NO2.ClH/c1-10(2)9-18-14-6-5-11-12(16-14)7-15(3,4)8-13(11)17;/h5-6,10,13,17H,7-9H2,1-4H3;1H. The van der Waals surface area contributed by atoms with Crippen molar-refractivity contribution < 1.29 is 9.84 Å². The summed E-state index contributed by atoms with van der Waals surface area (Å²) >= 11 is 0. The highest BCUT2D eigenvalue weighted by molar-refractivity contribution is 5.85. The molecule has 2 rings (SSSR count). The second-order valence-electron chi connectivity index (χ2n) is 6.45. The third kappa shape index (κ3) is 4.08. The van der Waals surface area contributed by atoms with Gasteiger partial charge in [-0.3, -0.25) is 0 Å². The van der Waals surface area contributed by atoms with Crippen molar-refractivity contribution in [2.45, 2.75) is 46.6 Å². The number of rotatable bonds is 3. The molecule has 0 saturated heterocycles. The summed E-state index contributed by atoms with van der Waals surface area (Å²) in [6.45, 7) is 9.25. The molecule has 108 valence electrons. The molecule has 1 aliphatic carbocycles. The molecule has 0 amide bonds. The fraction of sp³-hybridized carbons (Fsp3) is 0.667. The highest BCUT2D eigenvalue weighted by Gasteiger charge is 2.32. The van der Waals surface area contributed by atoms with Gasteiger partial charge in [-0.15, -0.1) is 12.4 Å². The lowest BCUT2D eigenvalue weighted by molar-refractivity contribution is 0.0976. The first kappa shape index (κ1) is 16.3. The Labute approximate surface area is 121 Å². The molecule has 1 atom stereocenters. The lowest BCUT2D eigenvalue weighted by Crippen LogP contribution is -2.26. The van der Waals surface area contributed by atoms with Crippen molar-refractivity contribution in [3.8, 4) is 5.88 Å². The van der Waals surface area contributed by atoms with E-state index in [-0.39, 0.29) is 17.8 Å². The van der Waals surface area contributed by atoms with E-state index in [0.717, 1.165) is 24.1 Å². The number of aliphatic hydroxyl groups is 1. The summed E-state index contributed by atoms with van der Waals surface area (Å²) in [7, 11) is 0. The largest absolute Gasteiger partial charge is 0.477 e. The lowest BCUT2D eigenvalue weighted by atomic mass is 9.75. The molecule has 3 nitrogen and oxygen atoms in total. The predicted molar refractivity (Wildman–Crippen MR) is 78.9 cm³/mol. The van der Waals surface area contributed by atoms with Crippen LogP contribution in [0.2, 0.25) is 0 Å². The number of hydrogen-bond donors (Lipinski definition) is 1. The summed E-state index contributed by atoms with van der Waals surface area (Å²) in [5.41, 5.74) is 2.06. The zero-order chi connectivity index (χ0) is 13.3. The van der Waals surface area contributed by atoms with Crippen molar-refractivity contribution >= 4 is 12.4 Å². The third-order valence-corrected chi connectivity index (χ3v) is 3.30. The Hall–Kier alpha value is -0.800. The van der Waals surface area contributed by atoms with Crippen LogP contribution in [0.1, 0.15) is 51.5 Å².